The van der Waals surface area contributed by atoms with Gasteiger partial charge < -0.3 is 14.8 Å². The van der Waals surface area contributed by atoms with Crippen LogP contribution in [0.2, 0.25) is 0 Å². The van der Waals surface area contributed by atoms with E-state index in [4.69, 9.17) is 21.7 Å². The van der Waals surface area contributed by atoms with E-state index < -0.39 is 12.0 Å². The number of rotatable bonds is 8. The highest BCUT2D eigenvalue weighted by Crippen LogP contribution is 2.26. The van der Waals surface area contributed by atoms with Crippen LogP contribution in [-0.4, -0.2) is 30.1 Å². The van der Waals surface area contributed by atoms with Gasteiger partial charge in [-0.15, -0.1) is 0 Å². The van der Waals surface area contributed by atoms with Crippen molar-refractivity contribution in [3.63, 3.8) is 0 Å². The molecular formula is C23H27NO4S. The van der Waals surface area contributed by atoms with Gasteiger partial charge in [0.1, 0.15) is 12.6 Å². The van der Waals surface area contributed by atoms with E-state index in [9.17, 15) is 9.59 Å². The number of esters is 1. The average Bonchev–Trinajstić information content (AvgIpc) is 2.71. The Hall–Kier alpha value is -2.73. The Morgan fingerprint density at radius 3 is 2.38 bits per heavy atom. The summed E-state index contributed by atoms with van der Waals surface area (Å²) < 4.78 is 10.3. The summed E-state index contributed by atoms with van der Waals surface area (Å²) in [5, 5.41) is 3.29. The molecule has 0 radical (unpaired) electrons. The topological polar surface area (TPSA) is 64.6 Å². The van der Waals surface area contributed by atoms with Crippen molar-refractivity contribution in [2.75, 3.05) is 7.11 Å². The second kappa shape index (κ2) is 10.7. The molecule has 5 nitrogen and oxygen atoms in total. The minimum absolute atomic E-state index is 0.227. The highest BCUT2D eigenvalue weighted by molar-refractivity contribution is 7.80. The number of carbonyl (C=O) groups excluding carboxylic acids is 2. The summed E-state index contributed by atoms with van der Waals surface area (Å²) in [6.07, 6.45) is 0.499. The average molecular weight is 414 g/mol. The highest BCUT2D eigenvalue weighted by atomic mass is 32.1. The Morgan fingerprint density at radius 1 is 1.10 bits per heavy atom. The van der Waals surface area contributed by atoms with Gasteiger partial charge in [-0.1, -0.05) is 50.2 Å². The molecule has 29 heavy (non-hydrogen) atoms. The Morgan fingerprint density at radius 2 is 1.79 bits per heavy atom. The minimum Gasteiger partial charge on any atom is -0.483 e. The minimum atomic E-state index is -0.698. The molecule has 2 aromatic carbocycles. The smallest absolute Gasteiger partial charge is 0.328 e. The Balaban J connectivity index is 2.37. The lowest BCUT2D eigenvalue weighted by Gasteiger charge is -2.20. The van der Waals surface area contributed by atoms with Gasteiger partial charge in [-0.25, -0.2) is 4.79 Å². The van der Waals surface area contributed by atoms with Crippen LogP contribution in [0.3, 0.4) is 0 Å². The van der Waals surface area contributed by atoms with Gasteiger partial charge in [0.25, 0.3) is 5.91 Å². The number of hydrogen-bond donors (Lipinski definition) is 1. The van der Waals surface area contributed by atoms with Crippen LogP contribution in [-0.2, 0) is 20.9 Å². The van der Waals surface area contributed by atoms with Crippen molar-refractivity contribution >= 4 is 29.1 Å². The van der Waals surface area contributed by atoms with Crippen molar-refractivity contribution in [2.24, 2.45) is 5.92 Å². The molecule has 0 aliphatic heterocycles. The first kappa shape index (κ1) is 22.6. The zero-order valence-electron chi connectivity index (χ0n) is 17.2. The van der Waals surface area contributed by atoms with E-state index in [1.165, 1.54) is 7.11 Å². The molecule has 2 aromatic rings. The summed E-state index contributed by atoms with van der Waals surface area (Å²) in [6, 6.07) is 14.4. The molecule has 0 fully saturated rings. The first-order valence-corrected chi connectivity index (χ1v) is 9.93. The van der Waals surface area contributed by atoms with E-state index in [-0.39, 0.29) is 11.8 Å². The molecule has 0 saturated carbocycles. The predicted molar refractivity (Wildman–Crippen MR) is 118 cm³/mol. The fourth-order valence-corrected chi connectivity index (χ4v) is 3.04. The lowest BCUT2D eigenvalue weighted by Crippen LogP contribution is -2.42. The van der Waals surface area contributed by atoms with E-state index in [2.05, 4.69) is 5.32 Å². The zero-order chi connectivity index (χ0) is 21.4. The largest absolute Gasteiger partial charge is 0.483 e. The summed E-state index contributed by atoms with van der Waals surface area (Å²) in [6.45, 7) is 6.03. The number of nitrogens with one attached hydrogen (secondary N) is 1. The first-order chi connectivity index (χ1) is 13.8. The van der Waals surface area contributed by atoms with Crippen LogP contribution in [0.15, 0.2) is 48.5 Å². The summed E-state index contributed by atoms with van der Waals surface area (Å²) in [4.78, 5) is 25.2. The van der Waals surface area contributed by atoms with Gasteiger partial charge in [-0.2, -0.15) is 0 Å². The van der Waals surface area contributed by atoms with E-state index in [0.29, 0.717) is 23.6 Å². The zero-order valence-corrected chi connectivity index (χ0v) is 18.0. The quantitative estimate of drug-likeness (QED) is 0.509. The third-order valence-corrected chi connectivity index (χ3v) is 4.47. The fourth-order valence-electron chi connectivity index (χ4n) is 2.98. The van der Waals surface area contributed by atoms with E-state index in [1.807, 2.05) is 56.3 Å². The lowest BCUT2D eigenvalue weighted by atomic mass is 9.96. The number of hydrogen-bond acceptors (Lipinski definition) is 5. The Kier molecular flexibility index (Phi) is 8.34. The molecule has 0 aliphatic rings. The summed E-state index contributed by atoms with van der Waals surface area (Å²) in [5.74, 6) is -0.543. The van der Waals surface area contributed by atoms with E-state index in [0.717, 1.165) is 16.7 Å². The molecule has 1 N–H and O–H groups in total. The summed E-state index contributed by atoms with van der Waals surface area (Å²) in [7, 11) is 1.32. The molecule has 154 valence electrons. The third-order valence-electron chi connectivity index (χ3n) is 4.35. The maximum atomic E-state index is 13.1. The number of thiocarbonyl (C=S) groups is 1. The number of benzene rings is 2. The molecule has 0 heterocycles. The molecule has 2 rings (SSSR count). The summed E-state index contributed by atoms with van der Waals surface area (Å²) >= 11 is 4.98. The molecule has 1 amide bonds. The summed E-state index contributed by atoms with van der Waals surface area (Å²) in [5.41, 5.74) is 3.05. The van der Waals surface area contributed by atoms with Crippen LogP contribution in [0.4, 0.5) is 0 Å². The van der Waals surface area contributed by atoms with Gasteiger partial charge in [0.2, 0.25) is 0 Å². The van der Waals surface area contributed by atoms with E-state index in [1.54, 1.807) is 13.0 Å². The van der Waals surface area contributed by atoms with Crippen LogP contribution in [0.25, 0.3) is 11.1 Å². The number of ether oxygens (including phenoxy) is 2. The standard InChI is InChI=1S/C23H27NO4S/c1-15(2)12-21(23(26)27-4)24-22(25)19-11-10-17(14-28-16(3)29)13-20(19)18-8-6-5-7-9-18/h5-11,13,15,21H,12,14H2,1-4H3,(H,24,25)/t21-/m0/s1. The maximum absolute atomic E-state index is 13.1. The SMILES string of the molecule is COC(=O)[C@H](CC(C)C)NC(=O)c1ccc(COC(C)=S)cc1-c1ccccc1. The van der Waals surface area contributed by atoms with Crippen LogP contribution in [0, 0.1) is 5.92 Å². The van der Waals surface area contributed by atoms with Crippen LogP contribution >= 0.6 is 12.2 Å². The number of methoxy groups -OCH3 is 1. The van der Waals surface area contributed by atoms with Crippen LogP contribution in [0.5, 0.6) is 0 Å². The first-order valence-electron chi connectivity index (χ1n) is 9.52. The molecule has 0 aromatic heterocycles. The second-order valence-corrected chi connectivity index (χ2v) is 7.78. The molecule has 0 spiro atoms. The van der Waals surface area contributed by atoms with Gasteiger partial charge in [-0.05, 0) is 53.4 Å². The molecule has 6 heteroatoms. The Labute approximate surface area is 177 Å². The van der Waals surface area contributed by atoms with Crippen molar-refractivity contribution in [2.45, 2.75) is 39.8 Å². The van der Waals surface area contributed by atoms with Crippen LogP contribution in [0.1, 0.15) is 43.1 Å². The molecule has 0 aliphatic carbocycles. The van der Waals surface area contributed by atoms with Crippen LogP contribution < -0.4 is 5.32 Å². The van der Waals surface area contributed by atoms with Gasteiger partial charge >= 0.3 is 5.97 Å². The number of amides is 1. The molecule has 1 atom stereocenters. The van der Waals surface area contributed by atoms with Gasteiger partial charge in [0.15, 0.2) is 5.05 Å². The van der Waals surface area contributed by atoms with E-state index >= 15 is 0 Å². The third kappa shape index (κ3) is 6.68. The van der Waals surface area contributed by atoms with Crippen molar-refractivity contribution in [1.82, 2.24) is 5.32 Å². The molecule has 0 bridgehead atoms. The monoisotopic (exact) mass is 413 g/mol. The maximum Gasteiger partial charge on any atom is 0.328 e. The molecule has 0 saturated heterocycles. The number of carbonyl (C=O) groups is 2. The van der Waals surface area contributed by atoms with Gasteiger partial charge in [0, 0.05) is 12.5 Å². The molecule has 0 unspecified atom stereocenters. The second-order valence-electron chi connectivity index (χ2n) is 7.20. The van der Waals surface area contributed by atoms with Gasteiger partial charge in [0.05, 0.1) is 7.11 Å². The van der Waals surface area contributed by atoms with Crippen molar-refractivity contribution in [3.05, 3.63) is 59.7 Å². The lowest BCUT2D eigenvalue weighted by molar-refractivity contribution is -0.143. The molecular weight excluding hydrogens is 386 g/mol. The van der Waals surface area contributed by atoms with Crippen molar-refractivity contribution < 1.29 is 19.1 Å². The normalized spacial score (nSPS) is 11.6. The van der Waals surface area contributed by atoms with Crippen molar-refractivity contribution in [1.29, 1.82) is 0 Å². The predicted octanol–water partition coefficient (Wildman–Crippen LogP) is 4.54. The Bertz CT molecular complexity index is 864. The highest BCUT2D eigenvalue weighted by Gasteiger charge is 2.24. The van der Waals surface area contributed by atoms with Gasteiger partial charge in [-0.3, -0.25) is 4.79 Å². The fraction of sp³-hybridized carbons (Fsp3) is 0.348. The van der Waals surface area contributed by atoms with Crippen molar-refractivity contribution in [3.8, 4) is 11.1 Å².